The Labute approximate surface area is 56.3 Å². The Morgan fingerprint density at radius 2 is 2.22 bits per heavy atom. The van der Waals surface area contributed by atoms with Crippen LogP contribution in [0.4, 0.5) is 0 Å². The molecule has 0 aromatic rings. The van der Waals surface area contributed by atoms with Crippen molar-refractivity contribution in [2.45, 2.75) is 26.4 Å². The number of rotatable bonds is 5. The van der Waals surface area contributed by atoms with Crippen LogP contribution in [0.1, 0.15) is 20.3 Å². The lowest BCUT2D eigenvalue weighted by atomic mass is 10.3. The van der Waals surface area contributed by atoms with Crippen molar-refractivity contribution in [1.82, 2.24) is 5.48 Å². The maximum Gasteiger partial charge on any atom is 0.167 e. The number of hydroxylamine groups is 1. The predicted octanol–water partition coefficient (Wildman–Crippen LogP) is 0.910. The first kappa shape index (κ1) is 8.88. The topological polar surface area (TPSA) is 30.5 Å². The Morgan fingerprint density at radius 3 is 2.67 bits per heavy atom. The van der Waals surface area contributed by atoms with Crippen LogP contribution >= 0.6 is 0 Å². The molecule has 1 unspecified atom stereocenters. The molecule has 0 spiro atoms. The van der Waals surface area contributed by atoms with Gasteiger partial charge in [-0.25, -0.2) is 5.48 Å². The summed E-state index contributed by atoms with van der Waals surface area (Å²) in [4.78, 5) is 4.73. The van der Waals surface area contributed by atoms with Crippen LogP contribution in [0, 0.1) is 0 Å². The molecule has 0 aliphatic rings. The average Bonchev–Trinajstić information content (AvgIpc) is 1.89. The van der Waals surface area contributed by atoms with Crippen LogP contribution in [0.5, 0.6) is 0 Å². The molecule has 0 fully saturated rings. The minimum Gasteiger partial charge on any atom is -0.351 e. The zero-order chi connectivity index (χ0) is 7.11. The van der Waals surface area contributed by atoms with Crippen LogP contribution < -0.4 is 5.48 Å². The highest BCUT2D eigenvalue weighted by Crippen LogP contribution is 1.93. The largest absolute Gasteiger partial charge is 0.351 e. The van der Waals surface area contributed by atoms with Crippen LogP contribution in [0.3, 0.4) is 0 Å². The maximum absolute atomic E-state index is 5.15. The normalized spacial score (nSPS) is 13.7. The lowest BCUT2D eigenvalue weighted by Crippen LogP contribution is -2.15. The van der Waals surface area contributed by atoms with Gasteiger partial charge in [0.15, 0.2) is 6.79 Å². The van der Waals surface area contributed by atoms with Gasteiger partial charge >= 0.3 is 0 Å². The van der Waals surface area contributed by atoms with Gasteiger partial charge in [0, 0.05) is 7.05 Å². The smallest absolute Gasteiger partial charge is 0.167 e. The lowest BCUT2D eigenvalue weighted by molar-refractivity contribution is -0.116. The Balaban J connectivity index is 2.88. The predicted molar refractivity (Wildman–Crippen MR) is 35.8 cm³/mol. The summed E-state index contributed by atoms with van der Waals surface area (Å²) in [5, 5.41) is 0. The first-order valence-corrected chi connectivity index (χ1v) is 3.21. The number of ether oxygens (including phenoxy) is 1. The van der Waals surface area contributed by atoms with Gasteiger partial charge in [-0.05, 0) is 13.3 Å². The van der Waals surface area contributed by atoms with E-state index in [2.05, 4.69) is 12.4 Å². The van der Waals surface area contributed by atoms with Gasteiger partial charge in [-0.1, -0.05) is 6.92 Å². The Morgan fingerprint density at radius 1 is 1.56 bits per heavy atom. The standard InChI is InChI=1S/C6H15NO2/c1-4-6(2)8-5-9-7-3/h6-7H,4-5H2,1-3H3. The SMILES string of the molecule is CCC(C)OCONC. The van der Waals surface area contributed by atoms with E-state index in [0.29, 0.717) is 12.9 Å². The molecule has 0 saturated carbocycles. The van der Waals surface area contributed by atoms with E-state index in [4.69, 9.17) is 9.57 Å². The molecule has 0 saturated heterocycles. The van der Waals surface area contributed by atoms with Crippen LogP contribution in [0.25, 0.3) is 0 Å². The fraction of sp³-hybridized carbons (Fsp3) is 1.00. The fourth-order valence-electron chi connectivity index (χ4n) is 0.327. The summed E-state index contributed by atoms with van der Waals surface area (Å²) in [6, 6.07) is 0. The molecule has 3 heteroatoms. The van der Waals surface area contributed by atoms with Crippen molar-refractivity contribution in [2.75, 3.05) is 13.8 Å². The lowest BCUT2D eigenvalue weighted by Gasteiger charge is -2.08. The molecule has 3 nitrogen and oxygen atoms in total. The van der Waals surface area contributed by atoms with Gasteiger partial charge in [-0.15, -0.1) is 0 Å². The molecule has 1 atom stereocenters. The van der Waals surface area contributed by atoms with E-state index in [1.54, 1.807) is 7.05 Å². The molecule has 0 radical (unpaired) electrons. The zero-order valence-electron chi connectivity index (χ0n) is 6.31. The van der Waals surface area contributed by atoms with Gasteiger partial charge in [0.05, 0.1) is 6.10 Å². The van der Waals surface area contributed by atoms with E-state index in [1.807, 2.05) is 6.92 Å². The summed E-state index contributed by atoms with van der Waals surface area (Å²) in [6.07, 6.45) is 1.31. The number of hydrogen-bond acceptors (Lipinski definition) is 3. The van der Waals surface area contributed by atoms with E-state index in [-0.39, 0.29) is 0 Å². The van der Waals surface area contributed by atoms with Gasteiger partial charge in [0.25, 0.3) is 0 Å². The fourth-order valence-corrected chi connectivity index (χ4v) is 0.327. The summed E-state index contributed by atoms with van der Waals surface area (Å²) >= 11 is 0. The Kier molecular flexibility index (Phi) is 5.93. The van der Waals surface area contributed by atoms with Gasteiger partial charge in [-0.3, -0.25) is 4.84 Å². The Bertz CT molecular complexity index is 59.0. The molecule has 56 valence electrons. The summed E-state index contributed by atoms with van der Waals surface area (Å²) < 4.78 is 5.15. The van der Waals surface area contributed by atoms with E-state index < -0.39 is 0 Å². The van der Waals surface area contributed by atoms with Gasteiger partial charge in [-0.2, -0.15) is 0 Å². The van der Waals surface area contributed by atoms with Crippen molar-refractivity contribution in [3.63, 3.8) is 0 Å². The van der Waals surface area contributed by atoms with Gasteiger partial charge in [0.2, 0.25) is 0 Å². The van der Waals surface area contributed by atoms with Crippen molar-refractivity contribution in [3.05, 3.63) is 0 Å². The first-order valence-electron chi connectivity index (χ1n) is 3.21. The first-order chi connectivity index (χ1) is 4.31. The maximum atomic E-state index is 5.15. The van der Waals surface area contributed by atoms with Crippen LogP contribution in [0.2, 0.25) is 0 Å². The van der Waals surface area contributed by atoms with Crippen molar-refractivity contribution in [1.29, 1.82) is 0 Å². The van der Waals surface area contributed by atoms with Crippen molar-refractivity contribution >= 4 is 0 Å². The van der Waals surface area contributed by atoms with Crippen LogP contribution in [-0.2, 0) is 9.57 Å². The second kappa shape index (κ2) is 6.01. The van der Waals surface area contributed by atoms with Crippen LogP contribution in [0.15, 0.2) is 0 Å². The highest BCUT2D eigenvalue weighted by molar-refractivity contribution is 4.40. The average molecular weight is 133 g/mol. The highest BCUT2D eigenvalue weighted by atomic mass is 16.8. The zero-order valence-corrected chi connectivity index (χ0v) is 6.31. The quantitative estimate of drug-likeness (QED) is 0.343. The molecule has 0 aromatic heterocycles. The molecule has 0 aliphatic carbocycles. The van der Waals surface area contributed by atoms with E-state index in [1.165, 1.54) is 0 Å². The minimum atomic E-state index is 0.290. The minimum absolute atomic E-state index is 0.290. The number of nitrogens with one attached hydrogen (secondary N) is 1. The van der Waals surface area contributed by atoms with Crippen molar-refractivity contribution in [2.24, 2.45) is 0 Å². The monoisotopic (exact) mass is 133 g/mol. The summed E-state index contributed by atoms with van der Waals surface area (Å²) in [6.45, 7) is 4.41. The highest BCUT2D eigenvalue weighted by Gasteiger charge is 1.95. The van der Waals surface area contributed by atoms with E-state index in [0.717, 1.165) is 6.42 Å². The molecule has 0 amide bonds. The second-order valence-electron chi connectivity index (χ2n) is 1.85. The van der Waals surface area contributed by atoms with E-state index >= 15 is 0 Å². The van der Waals surface area contributed by atoms with Crippen LogP contribution in [-0.4, -0.2) is 19.9 Å². The molecule has 0 aromatic carbocycles. The third-order valence-electron chi connectivity index (χ3n) is 1.13. The summed E-state index contributed by atoms with van der Waals surface area (Å²) in [5.74, 6) is 0. The Hall–Kier alpha value is -0.120. The van der Waals surface area contributed by atoms with E-state index in [9.17, 15) is 0 Å². The number of hydrogen-bond donors (Lipinski definition) is 1. The second-order valence-corrected chi connectivity index (χ2v) is 1.85. The molecule has 1 N–H and O–H groups in total. The third kappa shape index (κ3) is 5.76. The summed E-state index contributed by atoms with van der Waals surface area (Å²) in [5.41, 5.74) is 2.52. The van der Waals surface area contributed by atoms with Crippen molar-refractivity contribution in [3.8, 4) is 0 Å². The molecule has 0 bridgehead atoms. The molecule has 0 rings (SSSR count). The van der Waals surface area contributed by atoms with Crippen molar-refractivity contribution < 1.29 is 9.57 Å². The summed E-state index contributed by atoms with van der Waals surface area (Å²) in [7, 11) is 1.71. The van der Waals surface area contributed by atoms with Gasteiger partial charge < -0.3 is 4.74 Å². The molecular weight excluding hydrogens is 118 g/mol. The molecule has 9 heavy (non-hydrogen) atoms. The third-order valence-corrected chi connectivity index (χ3v) is 1.13. The van der Waals surface area contributed by atoms with Gasteiger partial charge in [0.1, 0.15) is 0 Å². The molecule has 0 aliphatic heterocycles. The molecular formula is C6H15NO2. The molecule has 0 heterocycles.